The molecule has 2 aromatic rings. The van der Waals surface area contributed by atoms with Gasteiger partial charge in [0.2, 0.25) is 5.91 Å². The molecule has 0 fully saturated rings. The molecule has 0 aromatic heterocycles. The summed E-state index contributed by atoms with van der Waals surface area (Å²) in [5.41, 5.74) is 6.69. The van der Waals surface area contributed by atoms with Crippen LogP contribution < -0.4 is 26.2 Å². The van der Waals surface area contributed by atoms with E-state index in [4.69, 9.17) is 17.0 Å². The van der Waals surface area contributed by atoms with Crippen LogP contribution in [0.1, 0.15) is 35.7 Å². The van der Waals surface area contributed by atoms with Crippen molar-refractivity contribution in [2.24, 2.45) is 0 Å². The van der Waals surface area contributed by atoms with Crippen molar-refractivity contribution >= 4 is 56.7 Å². The molecule has 0 atom stereocenters. The molecule has 10 heteroatoms. The van der Waals surface area contributed by atoms with Crippen molar-refractivity contribution in [3.05, 3.63) is 58.1 Å². The lowest BCUT2D eigenvalue weighted by Gasteiger charge is -2.12. The second kappa shape index (κ2) is 12.0. The van der Waals surface area contributed by atoms with Crippen LogP contribution in [0.4, 0.5) is 5.69 Å². The quantitative estimate of drug-likeness (QED) is 0.339. The highest BCUT2D eigenvalue weighted by molar-refractivity contribution is 9.10. The van der Waals surface area contributed by atoms with Crippen LogP contribution >= 0.6 is 28.1 Å². The molecule has 164 valence electrons. The van der Waals surface area contributed by atoms with Gasteiger partial charge in [-0.25, -0.2) is 0 Å². The number of hydrazine groups is 1. The van der Waals surface area contributed by atoms with Crippen LogP contribution in [0.2, 0.25) is 0 Å². The van der Waals surface area contributed by atoms with Gasteiger partial charge < -0.3 is 10.1 Å². The Morgan fingerprint density at radius 1 is 1.03 bits per heavy atom. The molecule has 0 heterocycles. The minimum atomic E-state index is -0.471. The third-order valence-corrected chi connectivity index (χ3v) is 4.64. The summed E-state index contributed by atoms with van der Waals surface area (Å²) in [4.78, 5) is 35.8. The summed E-state index contributed by atoms with van der Waals surface area (Å²) >= 11 is 8.36. The highest BCUT2D eigenvalue weighted by atomic mass is 79.9. The summed E-state index contributed by atoms with van der Waals surface area (Å²) < 4.78 is 6.38. The monoisotopic (exact) mass is 506 g/mol. The van der Waals surface area contributed by atoms with Crippen molar-refractivity contribution in [1.82, 2.24) is 16.2 Å². The summed E-state index contributed by atoms with van der Waals surface area (Å²) in [6.07, 6.45) is 1.19. The fourth-order valence-corrected chi connectivity index (χ4v) is 3.09. The topological polar surface area (TPSA) is 109 Å². The second-order valence-corrected chi connectivity index (χ2v) is 7.85. The Balaban J connectivity index is 1.75. The number of hydrogen-bond acceptors (Lipinski definition) is 5. The summed E-state index contributed by atoms with van der Waals surface area (Å²) in [6.45, 7) is 3.55. The van der Waals surface area contributed by atoms with E-state index in [1.165, 1.54) is 0 Å². The Bertz CT molecular complexity index is 966. The van der Waals surface area contributed by atoms with Crippen molar-refractivity contribution in [3.8, 4) is 5.75 Å². The summed E-state index contributed by atoms with van der Waals surface area (Å²) in [6, 6.07) is 11.8. The van der Waals surface area contributed by atoms with Crippen LogP contribution in [0.25, 0.3) is 0 Å². The lowest BCUT2D eigenvalue weighted by molar-refractivity contribution is -0.121. The Labute approximate surface area is 194 Å². The molecule has 3 amide bonds. The average molecular weight is 507 g/mol. The fraction of sp³-hybridized carbons (Fsp3) is 0.238. The fourth-order valence-electron chi connectivity index (χ4n) is 2.45. The van der Waals surface area contributed by atoms with Crippen molar-refractivity contribution in [2.45, 2.75) is 26.7 Å². The second-order valence-electron chi connectivity index (χ2n) is 6.53. The largest absolute Gasteiger partial charge is 0.483 e. The molecule has 0 spiro atoms. The number of thiocarbonyl (C=S) groups is 1. The predicted octanol–water partition coefficient (Wildman–Crippen LogP) is 3.21. The molecule has 0 aliphatic rings. The van der Waals surface area contributed by atoms with Gasteiger partial charge in [-0.3, -0.25) is 30.6 Å². The number of halogens is 1. The average Bonchev–Trinajstić information content (AvgIpc) is 2.72. The van der Waals surface area contributed by atoms with Gasteiger partial charge in [-0.1, -0.05) is 22.9 Å². The number of aryl methyl sites for hydroxylation is 1. The Morgan fingerprint density at radius 3 is 2.39 bits per heavy atom. The molecule has 31 heavy (non-hydrogen) atoms. The van der Waals surface area contributed by atoms with Crippen molar-refractivity contribution in [3.63, 3.8) is 0 Å². The van der Waals surface area contributed by atoms with E-state index in [0.29, 0.717) is 23.4 Å². The number of carbonyl (C=O) groups is 3. The number of anilines is 1. The zero-order valence-electron chi connectivity index (χ0n) is 17.1. The van der Waals surface area contributed by atoms with E-state index in [1.807, 2.05) is 26.0 Å². The Kier molecular flexibility index (Phi) is 9.41. The summed E-state index contributed by atoms with van der Waals surface area (Å²) in [5.74, 6) is -0.424. The molecular formula is C21H23BrN4O4S. The van der Waals surface area contributed by atoms with Gasteiger partial charge in [-0.05, 0) is 73.6 Å². The molecule has 0 radical (unpaired) electrons. The Hall–Kier alpha value is -2.98. The number of rotatable bonds is 7. The van der Waals surface area contributed by atoms with Gasteiger partial charge in [0.1, 0.15) is 5.75 Å². The SMILES string of the molecule is CCCC(=O)Nc1ccc(C(=O)NNC(=S)NC(=O)COc2ccc(Br)cc2C)cc1. The van der Waals surface area contributed by atoms with Gasteiger partial charge in [0, 0.05) is 22.1 Å². The number of benzene rings is 2. The van der Waals surface area contributed by atoms with E-state index >= 15 is 0 Å². The van der Waals surface area contributed by atoms with E-state index in [0.717, 1.165) is 16.5 Å². The van der Waals surface area contributed by atoms with Gasteiger partial charge in [0.15, 0.2) is 11.7 Å². The summed E-state index contributed by atoms with van der Waals surface area (Å²) in [7, 11) is 0. The third-order valence-electron chi connectivity index (χ3n) is 3.95. The van der Waals surface area contributed by atoms with E-state index in [1.54, 1.807) is 30.3 Å². The van der Waals surface area contributed by atoms with Crippen LogP contribution in [0.3, 0.4) is 0 Å². The normalized spacial score (nSPS) is 10.0. The maximum absolute atomic E-state index is 12.2. The number of carbonyl (C=O) groups excluding carboxylic acids is 3. The van der Waals surface area contributed by atoms with E-state index in [2.05, 4.69) is 37.4 Å². The van der Waals surface area contributed by atoms with Gasteiger partial charge in [0.05, 0.1) is 0 Å². The zero-order chi connectivity index (χ0) is 22.8. The highest BCUT2D eigenvalue weighted by Gasteiger charge is 2.10. The summed E-state index contributed by atoms with van der Waals surface area (Å²) in [5, 5.41) is 5.09. The number of amides is 3. The lowest BCUT2D eigenvalue weighted by atomic mass is 10.2. The minimum absolute atomic E-state index is 0.0714. The van der Waals surface area contributed by atoms with Crippen molar-refractivity contribution < 1.29 is 19.1 Å². The molecular weight excluding hydrogens is 484 g/mol. The molecule has 0 unspecified atom stereocenters. The third kappa shape index (κ3) is 8.35. The standard InChI is InChI=1S/C21H23BrN4O4S/c1-3-4-18(27)23-16-8-5-14(6-9-16)20(29)25-26-21(31)24-19(28)12-30-17-10-7-15(22)11-13(17)2/h5-11H,3-4,12H2,1-2H3,(H,23,27)(H,25,29)(H2,24,26,28,31). The van der Waals surface area contributed by atoms with E-state index < -0.39 is 11.8 Å². The first-order chi connectivity index (χ1) is 14.8. The smallest absolute Gasteiger partial charge is 0.269 e. The maximum atomic E-state index is 12.2. The molecule has 2 aromatic carbocycles. The first kappa shape index (κ1) is 24.3. The predicted molar refractivity (Wildman–Crippen MR) is 126 cm³/mol. The number of ether oxygens (including phenoxy) is 1. The Morgan fingerprint density at radius 2 is 1.74 bits per heavy atom. The van der Waals surface area contributed by atoms with Crippen LogP contribution in [0, 0.1) is 6.92 Å². The van der Waals surface area contributed by atoms with Crippen molar-refractivity contribution in [2.75, 3.05) is 11.9 Å². The zero-order valence-corrected chi connectivity index (χ0v) is 19.5. The first-order valence-corrected chi connectivity index (χ1v) is 10.7. The molecule has 0 saturated carbocycles. The van der Waals surface area contributed by atoms with Gasteiger partial charge in [-0.2, -0.15) is 0 Å². The van der Waals surface area contributed by atoms with E-state index in [9.17, 15) is 14.4 Å². The minimum Gasteiger partial charge on any atom is -0.483 e. The molecule has 4 N–H and O–H groups in total. The maximum Gasteiger partial charge on any atom is 0.269 e. The van der Waals surface area contributed by atoms with Crippen LogP contribution in [0.5, 0.6) is 5.75 Å². The van der Waals surface area contributed by atoms with Crippen LogP contribution in [0.15, 0.2) is 46.9 Å². The highest BCUT2D eigenvalue weighted by Crippen LogP contribution is 2.21. The van der Waals surface area contributed by atoms with Gasteiger partial charge in [-0.15, -0.1) is 0 Å². The van der Waals surface area contributed by atoms with Gasteiger partial charge >= 0.3 is 0 Å². The molecule has 0 aliphatic carbocycles. The molecule has 0 aliphatic heterocycles. The molecule has 0 bridgehead atoms. The van der Waals surface area contributed by atoms with Gasteiger partial charge in [0.25, 0.3) is 11.8 Å². The molecule has 2 rings (SSSR count). The number of nitrogens with one attached hydrogen (secondary N) is 4. The number of hydrogen-bond donors (Lipinski definition) is 4. The first-order valence-electron chi connectivity index (χ1n) is 9.47. The van der Waals surface area contributed by atoms with Crippen LogP contribution in [-0.2, 0) is 9.59 Å². The lowest BCUT2D eigenvalue weighted by Crippen LogP contribution is -2.49. The molecule has 8 nitrogen and oxygen atoms in total. The van der Waals surface area contributed by atoms with Crippen LogP contribution in [-0.4, -0.2) is 29.4 Å². The van der Waals surface area contributed by atoms with Crippen molar-refractivity contribution in [1.29, 1.82) is 0 Å². The van der Waals surface area contributed by atoms with E-state index in [-0.39, 0.29) is 17.6 Å². The molecule has 0 saturated heterocycles.